The molecule has 1 unspecified atom stereocenters. The number of ether oxygens (including phenoxy) is 1. The van der Waals surface area contributed by atoms with Crippen molar-refractivity contribution < 1.29 is 9.53 Å². The van der Waals surface area contributed by atoms with Crippen molar-refractivity contribution in [2.45, 2.75) is 26.0 Å². The molecule has 0 fully saturated rings. The summed E-state index contributed by atoms with van der Waals surface area (Å²) in [6, 6.07) is 17.4. The Bertz CT molecular complexity index is 1490. The van der Waals surface area contributed by atoms with Gasteiger partial charge in [-0.15, -0.1) is 0 Å². The van der Waals surface area contributed by atoms with Gasteiger partial charge in [-0.05, 0) is 52.2 Å². The van der Waals surface area contributed by atoms with Gasteiger partial charge in [-0.25, -0.2) is 32.9 Å². The fourth-order valence-corrected chi connectivity index (χ4v) is 3.73. The van der Waals surface area contributed by atoms with Crippen LogP contribution >= 0.6 is 0 Å². The van der Waals surface area contributed by atoms with Gasteiger partial charge in [-0.3, -0.25) is 0 Å². The number of aromatic nitrogens is 3. The number of esters is 1. The largest absolute Gasteiger partial charge is 0.457 e. The minimum atomic E-state index is -0.745. The Labute approximate surface area is 182 Å². The van der Waals surface area contributed by atoms with Crippen LogP contribution in [-0.2, 0) is 25.4 Å². The van der Waals surface area contributed by atoms with E-state index in [9.17, 15) is 19.2 Å². The first-order valence-electron chi connectivity index (χ1n) is 10.3. The van der Waals surface area contributed by atoms with Crippen LogP contribution in [0.4, 0.5) is 0 Å². The quantitative estimate of drug-likeness (QED) is 0.355. The number of carbonyl (C=O) groups excluding carboxylic acids is 1. The second-order valence-corrected chi connectivity index (χ2v) is 7.77. The van der Waals surface area contributed by atoms with Gasteiger partial charge in [0, 0.05) is 14.1 Å². The molecule has 0 amide bonds. The summed E-state index contributed by atoms with van der Waals surface area (Å²) in [5, 5.41) is 4.11. The minimum absolute atomic E-state index is 0.139. The van der Waals surface area contributed by atoms with Gasteiger partial charge in [0.1, 0.15) is 6.10 Å². The van der Waals surface area contributed by atoms with E-state index in [1.54, 1.807) is 19.1 Å². The summed E-state index contributed by atoms with van der Waals surface area (Å²) in [6.07, 6.45) is -0.319. The van der Waals surface area contributed by atoms with Crippen molar-refractivity contribution in [1.82, 2.24) is 13.7 Å². The summed E-state index contributed by atoms with van der Waals surface area (Å²) >= 11 is 0. The van der Waals surface area contributed by atoms with Gasteiger partial charge in [0.15, 0.2) is 0 Å². The van der Waals surface area contributed by atoms with Crippen molar-refractivity contribution in [3.05, 3.63) is 91.6 Å². The van der Waals surface area contributed by atoms with E-state index in [0.717, 1.165) is 35.2 Å². The maximum atomic E-state index is 12.8. The monoisotopic (exact) mass is 433 g/mol. The molecule has 8 nitrogen and oxygen atoms in total. The summed E-state index contributed by atoms with van der Waals surface area (Å²) in [6.45, 7) is 1.65. The standard InChI is InChI=1S/C24H23N3O5/c1-4-20(14-27-23(30)25(2)22(29)26(3)24(27)31)32-21(28)18-10-9-17-11-15-7-5-6-8-16(15)12-19(17)13-18/h5-13,20H,4,14H2,1-3H3. The third-order valence-electron chi connectivity index (χ3n) is 5.67. The molecule has 0 saturated heterocycles. The van der Waals surface area contributed by atoms with Crippen LogP contribution in [0.2, 0.25) is 0 Å². The molecule has 0 spiro atoms. The maximum Gasteiger partial charge on any atom is 0.338 e. The Kier molecular flexibility index (Phi) is 5.52. The van der Waals surface area contributed by atoms with Crippen LogP contribution in [-0.4, -0.2) is 25.8 Å². The Morgan fingerprint density at radius 1 is 0.812 bits per heavy atom. The predicted octanol–water partition coefficient (Wildman–Crippen LogP) is 2.19. The molecule has 8 heteroatoms. The molecule has 0 aliphatic carbocycles. The fourth-order valence-electron chi connectivity index (χ4n) is 3.73. The van der Waals surface area contributed by atoms with Crippen molar-refractivity contribution in [2.24, 2.45) is 14.1 Å². The zero-order valence-corrected chi connectivity index (χ0v) is 18.1. The summed E-state index contributed by atoms with van der Waals surface area (Å²) < 4.78 is 8.23. The molecule has 164 valence electrons. The smallest absolute Gasteiger partial charge is 0.338 e. The van der Waals surface area contributed by atoms with Crippen molar-refractivity contribution in [3.63, 3.8) is 0 Å². The molecule has 0 aliphatic rings. The predicted molar refractivity (Wildman–Crippen MR) is 122 cm³/mol. The number of hydrogen-bond acceptors (Lipinski definition) is 5. The summed E-state index contributed by atoms with van der Waals surface area (Å²) in [4.78, 5) is 49.5. The van der Waals surface area contributed by atoms with Crippen molar-refractivity contribution >= 4 is 27.5 Å². The van der Waals surface area contributed by atoms with E-state index in [0.29, 0.717) is 12.0 Å². The normalized spacial score (nSPS) is 12.2. The number of nitrogens with zero attached hydrogens (tertiary/aromatic N) is 3. The maximum absolute atomic E-state index is 12.8. The topological polar surface area (TPSA) is 92.3 Å². The van der Waals surface area contributed by atoms with Gasteiger partial charge in [0.05, 0.1) is 12.1 Å². The third kappa shape index (κ3) is 3.75. The van der Waals surface area contributed by atoms with Gasteiger partial charge in [-0.1, -0.05) is 37.3 Å². The highest BCUT2D eigenvalue weighted by Crippen LogP contribution is 2.24. The second-order valence-electron chi connectivity index (χ2n) is 7.77. The molecule has 1 heterocycles. The van der Waals surface area contributed by atoms with Crippen LogP contribution in [0.3, 0.4) is 0 Å². The van der Waals surface area contributed by atoms with Gasteiger partial charge in [0.2, 0.25) is 0 Å². The first-order chi connectivity index (χ1) is 15.3. The number of benzene rings is 3. The Morgan fingerprint density at radius 2 is 1.38 bits per heavy atom. The van der Waals surface area contributed by atoms with Crippen LogP contribution in [0.25, 0.3) is 21.5 Å². The van der Waals surface area contributed by atoms with E-state index in [-0.39, 0.29) is 6.54 Å². The van der Waals surface area contributed by atoms with Gasteiger partial charge in [0.25, 0.3) is 0 Å². The zero-order chi connectivity index (χ0) is 23.0. The minimum Gasteiger partial charge on any atom is -0.457 e. The number of fused-ring (bicyclic) bond motifs is 2. The van der Waals surface area contributed by atoms with Crippen LogP contribution in [0, 0.1) is 0 Å². The van der Waals surface area contributed by atoms with Crippen LogP contribution in [0.1, 0.15) is 23.7 Å². The highest BCUT2D eigenvalue weighted by molar-refractivity contribution is 6.01. The lowest BCUT2D eigenvalue weighted by molar-refractivity contribution is 0.0243. The molecule has 0 radical (unpaired) electrons. The molecule has 32 heavy (non-hydrogen) atoms. The first kappa shape index (κ1) is 21.3. The van der Waals surface area contributed by atoms with E-state index in [1.807, 2.05) is 36.4 Å². The van der Waals surface area contributed by atoms with Gasteiger partial charge < -0.3 is 4.74 Å². The summed E-state index contributed by atoms with van der Waals surface area (Å²) in [5.74, 6) is -0.540. The highest BCUT2D eigenvalue weighted by Gasteiger charge is 2.19. The van der Waals surface area contributed by atoms with E-state index in [4.69, 9.17) is 4.74 Å². The average molecular weight is 433 g/mol. The van der Waals surface area contributed by atoms with E-state index in [1.165, 1.54) is 14.1 Å². The lowest BCUT2D eigenvalue weighted by Crippen LogP contribution is -2.53. The van der Waals surface area contributed by atoms with Crippen molar-refractivity contribution in [2.75, 3.05) is 0 Å². The second kappa shape index (κ2) is 8.30. The van der Waals surface area contributed by atoms with Crippen molar-refractivity contribution in [3.8, 4) is 0 Å². The van der Waals surface area contributed by atoms with Crippen LogP contribution in [0.15, 0.2) is 69.0 Å². The van der Waals surface area contributed by atoms with Crippen molar-refractivity contribution in [1.29, 1.82) is 0 Å². The molecule has 1 atom stereocenters. The SMILES string of the molecule is CCC(Cn1c(=O)n(C)c(=O)n(C)c1=O)OC(=O)c1ccc2cc3ccccc3cc2c1. The molecule has 4 rings (SSSR count). The molecule has 0 aliphatic heterocycles. The molecular weight excluding hydrogens is 410 g/mol. The number of hydrogen-bond donors (Lipinski definition) is 0. The zero-order valence-electron chi connectivity index (χ0n) is 18.1. The number of rotatable bonds is 5. The molecule has 0 bridgehead atoms. The average Bonchev–Trinajstić information content (AvgIpc) is 2.81. The lowest BCUT2D eigenvalue weighted by Gasteiger charge is -2.18. The molecular formula is C24H23N3O5. The lowest BCUT2D eigenvalue weighted by atomic mass is 10.0. The molecule has 3 aromatic carbocycles. The molecule has 4 aromatic rings. The Hall–Kier alpha value is -3.94. The molecule has 1 aromatic heterocycles. The highest BCUT2D eigenvalue weighted by atomic mass is 16.5. The van der Waals surface area contributed by atoms with E-state index in [2.05, 4.69) is 6.07 Å². The first-order valence-corrected chi connectivity index (χ1v) is 10.3. The third-order valence-corrected chi connectivity index (χ3v) is 5.67. The summed E-state index contributed by atoms with van der Waals surface area (Å²) in [7, 11) is 2.60. The van der Waals surface area contributed by atoms with Crippen LogP contribution < -0.4 is 17.1 Å². The molecule has 0 N–H and O–H groups in total. The molecule has 0 saturated carbocycles. The van der Waals surface area contributed by atoms with E-state index >= 15 is 0 Å². The Morgan fingerprint density at radius 3 is 1.97 bits per heavy atom. The van der Waals surface area contributed by atoms with E-state index < -0.39 is 29.1 Å². The van der Waals surface area contributed by atoms with Gasteiger partial charge >= 0.3 is 23.0 Å². The van der Waals surface area contributed by atoms with Crippen LogP contribution in [0.5, 0.6) is 0 Å². The Balaban J connectivity index is 1.62. The summed E-state index contributed by atoms with van der Waals surface area (Å²) in [5.41, 5.74) is -1.81. The van der Waals surface area contributed by atoms with Gasteiger partial charge in [-0.2, -0.15) is 0 Å². The fraction of sp³-hybridized carbons (Fsp3) is 0.250. The number of carbonyl (C=O) groups is 1.